The van der Waals surface area contributed by atoms with Gasteiger partial charge < -0.3 is 4.90 Å². The van der Waals surface area contributed by atoms with Crippen molar-refractivity contribution in [2.45, 2.75) is 6.42 Å². The lowest BCUT2D eigenvalue weighted by molar-refractivity contribution is 0.0706. The molecular formula is C16H18N2O2. The summed E-state index contributed by atoms with van der Waals surface area (Å²) in [5.74, 6) is -0.494. The first-order valence-corrected chi connectivity index (χ1v) is 6.40. The minimum absolute atomic E-state index is 0.443. The lowest BCUT2D eigenvalue weighted by atomic mass is 10.0. The van der Waals surface area contributed by atoms with Crippen LogP contribution in [0.5, 0.6) is 0 Å². The minimum Gasteiger partial charge on any atom is -0.378 e. The number of hydrogen-bond donors (Lipinski definition) is 2. The molecular weight excluding hydrogens is 252 g/mol. The van der Waals surface area contributed by atoms with Crippen molar-refractivity contribution in [2.24, 2.45) is 0 Å². The van der Waals surface area contributed by atoms with Crippen LogP contribution < -0.4 is 10.4 Å². The van der Waals surface area contributed by atoms with Crippen LogP contribution in [0.2, 0.25) is 0 Å². The number of amides is 1. The van der Waals surface area contributed by atoms with Gasteiger partial charge in [-0.2, -0.15) is 0 Å². The smallest absolute Gasteiger partial charge is 0.274 e. The molecule has 0 spiro atoms. The molecule has 2 aromatic carbocycles. The molecule has 0 saturated carbocycles. The molecule has 2 aromatic rings. The fourth-order valence-electron chi connectivity index (χ4n) is 2.02. The van der Waals surface area contributed by atoms with Gasteiger partial charge in [0.05, 0.1) is 0 Å². The second-order valence-electron chi connectivity index (χ2n) is 4.88. The normalized spacial score (nSPS) is 10.2. The zero-order valence-corrected chi connectivity index (χ0v) is 11.6. The standard InChI is InChI=1S/C16H18N2O2/c1-18(2)15-5-3-4-13(11-15)10-12-6-8-14(9-7-12)16(19)17-20/h3-9,11,20H,10H2,1-2H3,(H,17,19). The maximum Gasteiger partial charge on any atom is 0.274 e. The molecule has 2 N–H and O–H groups in total. The van der Waals surface area contributed by atoms with Crippen molar-refractivity contribution in [1.82, 2.24) is 5.48 Å². The molecule has 4 heteroatoms. The summed E-state index contributed by atoms with van der Waals surface area (Å²) in [5.41, 5.74) is 5.57. The van der Waals surface area contributed by atoms with Crippen LogP contribution in [0.4, 0.5) is 5.69 Å². The number of rotatable bonds is 4. The van der Waals surface area contributed by atoms with E-state index in [1.807, 2.05) is 32.3 Å². The SMILES string of the molecule is CN(C)c1cccc(Cc2ccc(C(=O)NO)cc2)c1. The molecule has 0 fully saturated rings. The van der Waals surface area contributed by atoms with Crippen molar-refractivity contribution in [3.05, 3.63) is 65.2 Å². The Morgan fingerprint density at radius 1 is 1.10 bits per heavy atom. The van der Waals surface area contributed by atoms with Crippen LogP contribution in [0.25, 0.3) is 0 Å². The third kappa shape index (κ3) is 3.36. The van der Waals surface area contributed by atoms with Crippen molar-refractivity contribution in [3.8, 4) is 0 Å². The first kappa shape index (κ1) is 14.1. The number of nitrogens with one attached hydrogen (secondary N) is 1. The second kappa shape index (κ2) is 6.21. The van der Waals surface area contributed by atoms with E-state index in [1.165, 1.54) is 11.3 Å². The summed E-state index contributed by atoms with van der Waals surface area (Å²) in [4.78, 5) is 13.3. The van der Waals surface area contributed by atoms with Gasteiger partial charge in [-0.3, -0.25) is 10.0 Å². The van der Waals surface area contributed by atoms with E-state index in [0.717, 1.165) is 12.0 Å². The lowest BCUT2D eigenvalue weighted by Crippen LogP contribution is -2.18. The first-order valence-electron chi connectivity index (χ1n) is 6.40. The molecule has 20 heavy (non-hydrogen) atoms. The highest BCUT2D eigenvalue weighted by atomic mass is 16.5. The largest absolute Gasteiger partial charge is 0.378 e. The molecule has 2 rings (SSSR count). The van der Waals surface area contributed by atoms with E-state index in [9.17, 15) is 4.79 Å². The van der Waals surface area contributed by atoms with E-state index in [1.54, 1.807) is 17.6 Å². The number of anilines is 1. The molecule has 0 saturated heterocycles. The summed E-state index contributed by atoms with van der Waals surface area (Å²) in [6.07, 6.45) is 0.808. The molecule has 0 bridgehead atoms. The molecule has 1 amide bonds. The van der Waals surface area contributed by atoms with Gasteiger partial charge in [-0.15, -0.1) is 0 Å². The molecule has 104 valence electrons. The van der Waals surface area contributed by atoms with Crippen molar-refractivity contribution in [3.63, 3.8) is 0 Å². The van der Waals surface area contributed by atoms with Gasteiger partial charge in [0, 0.05) is 25.3 Å². The van der Waals surface area contributed by atoms with Crippen LogP contribution in [0.1, 0.15) is 21.5 Å². The molecule has 0 aliphatic rings. The predicted molar refractivity (Wildman–Crippen MR) is 79.3 cm³/mol. The van der Waals surface area contributed by atoms with Gasteiger partial charge in [0.15, 0.2) is 0 Å². The number of nitrogens with zero attached hydrogens (tertiary/aromatic N) is 1. The summed E-state index contributed by atoms with van der Waals surface area (Å²) in [6.45, 7) is 0. The van der Waals surface area contributed by atoms with Gasteiger partial charge in [-0.05, 0) is 41.8 Å². The fraction of sp³-hybridized carbons (Fsp3) is 0.188. The van der Waals surface area contributed by atoms with E-state index in [4.69, 9.17) is 5.21 Å². The van der Waals surface area contributed by atoms with Crippen molar-refractivity contribution in [1.29, 1.82) is 0 Å². The topological polar surface area (TPSA) is 52.6 Å². The van der Waals surface area contributed by atoms with Crippen LogP contribution in [0.15, 0.2) is 48.5 Å². The van der Waals surface area contributed by atoms with E-state index in [2.05, 4.69) is 23.1 Å². The van der Waals surface area contributed by atoms with Gasteiger partial charge >= 0.3 is 0 Å². The third-order valence-corrected chi connectivity index (χ3v) is 3.15. The number of carbonyl (C=O) groups is 1. The van der Waals surface area contributed by atoms with Gasteiger partial charge in [-0.1, -0.05) is 24.3 Å². The maximum absolute atomic E-state index is 11.2. The fourth-order valence-corrected chi connectivity index (χ4v) is 2.02. The van der Waals surface area contributed by atoms with Crippen molar-refractivity contribution < 1.29 is 10.0 Å². The number of carbonyl (C=O) groups excluding carboxylic acids is 1. The molecule has 0 aliphatic carbocycles. The highest BCUT2D eigenvalue weighted by Crippen LogP contribution is 2.17. The van der Waals surface area contributed by atoms with Crippen LogP contribution in [-0.4, -0.2) is 25.2 Å². The van der Waals surface area contributed by atoms with E-state index < -0.39 is 5.91 Å². The quantitative estimate of drug-likeness (QED) is 0.663. The van der Waals surface area contributed by atoms with Crippen LogP contribution in [-0.2, 0) is 6.42 Å². The van der Waals surface area contributed by atoms with E-state index >= 15 is 0 Å². The number of hydroxylamine groups is 1. The van der Waals surface area contributed by atoms with E-state index in [-0.39, 0.29) is 0 Å². The summed E-state index contributed by atoms with van der Waals surface area (Å²) in [7, 11) is 4.03. The molecule has 0 aliphatic heterocycles. The first-order chi connectivity index (χ1) is 9.60. The van der Waals surface area contributed by atoms with Gasteiger partial charge in [0.2, 0.25) is 0 Å². The Labute approximate surface area is 118 Å². The lowest BCUT2D eigenvalue weighted by Gasteiger charge is -2.13. The highest BCUT2D eigenvalue weighted by molar-refractivity contribution is 5.93. The Balaban J connectivity index is 2.14. The second-order valence-corrected chi connectivity index (χ2v) is 4.88. The minimum atomic E-state index is -0.494. The highest BCUT2D eigenvalue weighted by Gasteiger charge is 2.04. The monoisotopic (exact) mass is 270 g/mol. The zero-order chi connectivity index (χ0) is 14.5. The van der Waals surface area contributed by atoms with Crippen LogP contribution in [0.3, 0.4) is 0 Å². The van der Waals surface area contributed by atoms with Crippen molar-refractivity contribution >= 4 is 11.6 Å². The summed E-state index contributed by atoms with van der Waals surface area (Å²) in [5, 5.41) is 8.57. The Kier molecular flexibility index (Phi) is 4.38. The van der Waals surface area contributed by atoms with Gasteiger partial charge in [0.1, 0.15) is 0 Å². The number of benzene rings is 2. The molecule has 0 heterocycles. The van der Waals surface area contributed by atoms with Gasteiger partial charge in [0.25, 0.3) is 5.91 Å². The molecule has 4 nitrogen and oxygen atoms in total. The Morgan fingerprint density at radius 2 is 1.80 bits per heavy atom. The van der Waals surface area contributed by atoms with Crippen LogP contribution >= 0.6 is 0 Å². The zero-order valence-electron chi connectivity index (χ0n) is 11.6. The molecule has 0 aromatic heterocycles. The molecule has 0 radical (unpaired) electrons. The maximum atomic E-state index is 11.2. The Bertz CT molecular complexity index is 592. The van der Waals surface area contributed by atoms with E-state index in [0.29, 0.717) is 5.56 Å². The summed E-state index contributed by atoms with van der Waals surface area (Å²) >= 11 is 0. The Hall–Kier alpha value is -2.33. The van der Waals surface area contributed by atoms with Crippen molar-refractivity contribution in [2.75, 3.05) is 19.0 Å². The summed E-state index contributed by atoms with van der Waals surface area (Å²) < 4.78 is 0. The number of hydrogen-bond acceptors (Lipinski definition) is 3. The third-order valence-electron chi connectivity index (χ3n) is 3.15. The molecule has 0 atom stereocenters. The van der Waals surface area contributed by atoms with Crippen LogP contribution in [0, 0.1) is 0 Å². The average Bonchev–Trinajstić information content (AvgIpc) is 2.47. The Morgan fingerprint density at radius 3 is 2.40 bits per heavy atom. The molecule has 0 unspecified atom stereocenters. The average molecular weight is 270 g/mol. The summed E-state index contributed by atoms with van der Waals surface area (Å²) in [6, 6.07) is 15.5. The predicted octanol–water partition coefficient (Wildman–Crippen LogP) is 2.46. The van der Waals surface area contributed by atoms with Gasteiger partial charge in [-0.25, -0.2) is 5.48 Å².